The average molecular weight is 375 g/mol. The minimum atomic E-state index is -0.892. The van der Waals surface area contributed by atoms with Crippen molar-refractivity contribution in [3.8, 4) is 11.5 Å². The largest absolute Gasteiger partial charge is 0.493 e. The number of hydrogen-bond donors (Lipinski definition) is 2. The van der Waals surface area contributed by atoms with E-state index < -0.39 is 12.1 Å². The fourth-order valence-electron chi connectivity index (χ4n) is 3.78. The predicted octanol–water partition coefficient (Wildman–Crippen LogP) is 1.39. The summed E-state index contributed by atoms with van der Waals surface area (Å²) in [6.45, 7) is 1.22. The third kappa shape index (κ3) is 2.66. The Labute approximate surface area is 154 Å². The molecule has 1 atom stereocenters. The molecule has 1 fully saturated rings. The lowest BCUT2D eigenvalue weighted by molar-refractivity contribution is 0.0453. The maximum absolute atomic E-state index is 12.6. The maximum Gasteiger partial charge on any atom is 0.343 e. The second-order valence-electron chi connectivity index (χ2n) is 6.50. The highest BCUT2D eigenvalue weighted by atomic mass is 16.6. The summed E-state index contributed by atoms with van der Waals surface area (Å²) < 4.78 is 23.1. The van der Waals surface area contributed by atoms with Gasteiger partial charge in [0.05, 0.1) is 20.3 Å². The number of rotatable bonds is 4. The van der Waals surface area contributed by atoms with E-state index in [9.17, 15) is 9.59 Å². The van der Waals surface area contributed by atoms with Crippen molar-refractivity contribution in [3.05, 3.63) is 39.2 Å². The molecule has 1 aromatic carbocycles. The van der Waals surface area contributed by atoms with Crippen molar-refractivity contribution in [2.24, 2.45) is 0 Å². The summed E-state index contributed by atoms with van der Waals surface area (Å²) in [5, 5.41) is 2.79. The van der Waals surface area contributed by atoms with Crippen molar-refractivity contribution in [1.82, 2.24) is 9.78 Å². The van der Waals surface area contributed by atoms with Crippen LogP contribution in [0.2, 0.25) is 0 Å². The molecule has 0 amide bonds. The van der Waals surface area contributed by atoms with Gasteiger partial charge in [-0.25, -0.2) is 4.79 Å². The number of nitrogens with zero attached hydrogens (tertiary/aromatic N) is 1. The van der Waals surface area contributed by atoms with Crippen LogP contribution >= 0.6 is 0 Å². The highest BCUT2D eigenvalue weighted by Crippen LogP contribution is 2.44. The van der Waals surface area contributed by atoms with Crippen LogP contribution in [0, 0.1) is 0 Å². The first-order valence-corrected chi connectivity index (χ1v) is 8.70. The number of fused-ring (bicyclic) bond motifs is 1. The monoisotopic (exact) mass is 375 g/mol. The quantitative estimate of drug-likeness (QED) is 0.775. The number of methoxy groups -OCH3 is 2. The molecule has 0 unspecified atom stereocenters. The molecule has 9 nitrogen and oxygen atoms in total. The van der Waals surface area contributed by atoms with Gasteiger partial charge in [-0.3, -0.25) is 14.6 Å². The number of aromatic nitrogens is 2. The van der Waals surface area contributed by atoms with Crippen LogP contribution in [0.25, 0.3) is 0 Å². The van der Waals surface area contributed by atoms with Crippen LogP contribution in [0.4, 0.5) is 5.82 Å². The smallest absolute Gasteiger partial charge is 0.343 e. The van der Waals surface area contributed by atoms with Gasteiger partial charge >= 0.3 is 5.97 Å². The Morgan fingerprint density at radius 1 is 1.19 bits per heavy atom. The molecule has 0 radical (unpaired) electrons. The van der Waals surface area contributed by atoms with E-state index in [1.54, 1.807) is 16.8 Å². The highest BCUT2D eigenvalue weighted by molar-refractivity contribution is 5.98. The van der Waals surface area contributed by atoms with Crippen molar-refractivity contribution in [2.75, 3.05) is 33.2 Å². The molecule has 1 saturated heterocycles. The molecule has 2 aromatic rings. The van der Waals surface area contributed by atoms with Crippen molar-refractivity contribution >= 4 is 11.8 Å². The van der Waals surface area contributed by atoms with Crippen LogP contribution in [-0.2, 0) is 9.47 Å². The van der Waals surface area contributed by atoms with Crippen molar-refractivity contribution in [3.63, 3.8) is 0 Å². The van der Waals surface area contributed by atoms with Crippen LogP contribution in [-0.4, -0.2) is 43.2 Å². The lowest BCUT2D eigenvalue weighted by atomic mass is 9.99. The molecule has 9 heteroatoms. The second-order valence-corrected chi connectivity index (χ2v) is 6.50. The first-order chi connectivity index (χ1) is 13.1. The summed E-state index contributed by atoms with van der Waals surface area (Å²) in [6, 6.07) is 3.41. The Balaban J connectivity index is 1.80. The van der Waals surface area contributed by atoms with Gasteiger partial charge in [0.25, 0.3) is 5.56 Å². The van der Waals surface area contributed by atoms with Gasteiger partial charge in [-0.1, -0.05) is 6.07 Å². The Kier molecular flexibility index (Phi) is 4.31. The van der Waals surface area contributed by atoms with Gasteiger partial charge in [0.2, 0.25) is 0 Å². The zero-order chi connectivity index (χ0) is 19.1. The third-order valence-corrected chi connectivity index (χ3v) is 5.11. The Morgan fingerprint density at radius 2 is 1.93 bits per heavy atom. The number of benzene rings is 1. The number of esters is 1. The van der Waals surface area contributed by atoms with Crippen LogP contribution in [0.3, 0.4) is 0 Å². The van der Waals surface area contributed by atoms with Crippen LogP contribution in [0.1, 0.15) is 46.5 Å². The molecule has 1 aromatic heterocycles. The standard InChI is InChI=1S/C18H21N3O6/c1-24-11-4-3-10-12(15(11)25-2)18(23)27-14(10)13-16(19)21(20-17(13)22)9-5-7-26-8-6-9/h3-4,9,14H,5-8,19H2,1-2H3,(H,20,22)/t14-/m0/s1. The van der Waals surface area contributed by atoms with Gasteiger partial charge in [0, 0.05) is 18.8 Å². The average Bonchev–Trinajstić information content (AvgIpc) is 3.17. The molecule has 2 aliphatic heterocycles. The van der Waals surface area contributed by atoms with Gasteiger partial charge in [-0.2, -0.15) is 0 Å². The van der Waals surface area contributed by atoms with Crippen LogP contribution < -0.4 is 20.8 Å². The minimum absolute atomic E-state index is 0.0437. The molecule has 3 N–H and O–H groups in total. The van der Waals surface area contributed by atoms with Crippen molar-refractivity contribution in [2.45, 2.75) is 25.0 Å². The van der Waals surface area contributed by atoms with E-state index in [1.807, 2.05) is 0 Å². The van der Waals surface area contributed by atoms with Gasteiger partial charge in [0.1, 0.15) is 16.9 Å². The Hall–Kier alpha value is -2.94. The second kappa shape index (κ2) is 6.66. The Morgan fingerprint density at radius 3 is 2.59 bits per heavy atom. The molecule has 3 heterocycles. The topological polar surface area (TPSA) is 118 Å². The van der Waals surface area contributed by atoms with E-state index in [0.29, 0.717) is 24.5 Å². The number of nitrogen functional groups attached to an aromatic ring is 1. The minimum Gasteiger partial charge on any atom is -0.493 e. The van der Waals surface area contributed by atoms with E-state index in [1.165, 1.54) is 14.2 Å². The number of ether oxygens (including phenoxy) is 4. The summed E-state index contributed by atoms with van der Waals surface area (Å²) in [5.41, 5.74) is 6.91. The molecule has 0 saturated carbocycles. The molecule has 2 aliphatic rings. The van der Waals surface area contributed by atoms with Crippen molar-refractivity contribution in [1.29, 1.82) is 0 Å². The highest BCUT2D eigenvalue weighted by Gasteiger charge is 2.40. The van der Waals surface area contributed by atoms with Crippen molar-refractivity contribution < 1.29 is 23.7 Å². The van der Waals surface area contributed by atoms with Crippen LogP contribution in [0.5, 0.6) is 11.5 Å². The molecular formula is C18H21N3O6. The molecule has 0 spiro atoms. The fourth-order valence-corrected chi connectivity index (χ4v) is 3.78. The van der Waals surface area contributed by atoms with Gasteiger partial charge in [0.15, 0.2) is 17.6 Å². The van der Waals surface area contributed by atoms with E-state index >= 15 is 0 Å². The van der Waals surface area contributed by atoms with E-state index in [0.717, 1.165) is 12.8 Å². The summed E-state index contributed by atoms with van der Waals surface area (Å²) in [7, 11) is 2.93. The third-order valence-electron chi connectivity index (χ3n) is 5.11. The first-order valence-electron chi connectivity index (χ1n) is 8.70. The molecule has 27 heavy (non-hydrogen) atoms. The SMILES string of the molecule is COc1ccc2c(c1OC)C(=O)O[C@@H]2c1c(N)n(C2CCOCC2)[nH]c1=O. The van der Waals surface area contributed by atoms with Gasteiger partial charge in [-0.05, 0) is 18.9 Å². The summed E-state index contributed by atoms with van der Waals surface area (Å²) >= 11 is 0. The van der Waals surface area contributed by atoms with E-state index in [2.05, 4.69) is 5.10 Å². The zero-order valence-electron chi connectivity index (χ0n) is 15.1. The summed E-state index contributed by atoms with van der Waals surface area (Å²) in [6.07, 6.45) is 0.609. The maximum atomic E-state index is 12.6. The molecule has 4 rings (SSSR count). The number of nitrogens with two attached hydrogens (primary N) is 1. The number of aromatic amines is 1. The summed E-state index contributed by atoms with van der Waals surface area (Å²) in [4.78, 5) is 25.1. The van der Waals surface area contributed by atoms with Crippen LogP contribution in [0.15, 0.2) is 16.9 Å². The van der Waals surface area contributed by atoms with E-state index in [-0.39, 0.29) is 34.3 Å². The van der Waals surface area contributed by atoms with Gasteiger partial charge < -0.3 is 24.7 Å². The first kappa shape index (κ1) is 17.5. The number of H-pyrrole nitrogens is 1. The number of carbonyl (C=O) groups is 1. The van der Waals surface area contributed by atoms with Gasteiger partial charge in [-0.15, -0.1) is 0 Å². The number of cyclic esters (lactones) is 1. The predicted molar refractivity (Wildman–Crippen MR) is 95.4 cm³/mol. The lowest BCUT2D eigenvalue weighted by Gasteiger charge is -2.24. The molecule has 0 aliphatic carbocycles. The number of anilines is 1. The van der Waals surface area contributed by atoms with E-state index in [4.69, 9.17) is 24.7 Å². The lowest BCUT2D eigenvalue weighted by Crippen LogP contribution is -2.22. The summed E-state index contributed by atoms with van der Waals surface area (Å²) in [5.74, 6) is 0.382. The zero-order valence-corrected chi connectivity index (χ0v) is 15.1. The molecular weight excluding hydrogens is 354 g/mol. The number of hydrogen-bond acceptors (Lipinski definition) is 7. The Bertz CT molecular complexity index is 941. The fraction of sp³-hybridized carbons (Fsp3) is 0.444. The normalized spacial score (nSPS) is 19.6. The number of carbonyl (C=O) groups excluding carboxylic acids is 1. The molecule has 144 valence electrons. The number of nitrogens with one attached hydrogen (secondary N) is 1. The molecule has 0 bridgehead atoms.